The summed E-state index contributed by atoms with van der Waals surface area (Å²) in [6.07, 6.45) is -8.67. The molecule has 0 aliphatic heterocycles. The molecule has 764 valence electrons. The second-order valence-corrected chi connectivity index (χ2v) is 30.4. The molecule has 20 rings (SSSR count). The van der Waals surface area contributed by atoms with Gasteiger partial charge < -0.3 is 63.0 Å². The van der Waals surface area contributed by atoms with Crippen LogP contribution < -0.4 is 0 Å². The van der Waals surface area contributed by atoms with E-state index >= 15 is 0 Å². The Hall–Kier alpha value is -15.8. The minimum Gasteiger partial charge on any atom is -0.507 e. The summed E-state index contributed by atoms with van der Waals surface area (Å²) in [5.74, 6) is 4.57. The van der Waals surface area contributed by atoms with Crippen LogP contribution in [0.3, 0.4) is 0 Å². The van der Waals surface area contributed by atoms with E-state index in [1.54, 1.807) is 161 Å². The maximum Gasteiger partial charge on any atom is 0.421 e. The molecule has 0 spiro atoms. The second-order valence-electron chi connectivity index (χ2n) is 30.4. The molecule has 0 aliphatic rings. The minimum atomic E-state index is -4.52. The van der Waals surface area contributed by atoms with Crippen molar-refractivity contribution >= 4 is 0 Å². The molecule has 20 aromatic rings. The van der Waals surface area contributed by atoms with Gasteiger partial charge in [0, 0.05) is 163 Å². The summed E-state index contributed by atoms with van der Waals surface area (Å²) >= 11 is 0. The molecule has 0 atom stereocenters. The number of para-hydroxylation sites is 4. The summed E-state index contributed by atoms with van der Waals surface area (Å²) in [6.45, 7) is 13.1. The fourth-order valence-corrected chi connectivity index (χ4v) is 12.4. The summed E-state index contributed by atoms with van der Waals surface area (Å²) in [5, 5.41) is 70.6. The second kappa shape index (κ2) is 53.3. The molecule has 0 amide bonds. The molecular formula is C104H76F12Ir4N20O8-4. The number of hydrogen-bond acceptors (Lipinski definition) is 28. The molecule has 0 aliphatic carbocycles. The Bertz CT molecular complexity index is 7190. The Morgan fingerprint density at radius 1 is 0.257 bits per heavy atom. The Labute approximate surface area is 889 Å². The Balaban J connectivity index is 0.000000187. The van der Waals surface area contributed by atoms with Crippen molar-refractivity contribution in [2.24, 2.45) is 0 Å². The van der Waals surface area contributed by atoms with Crippen LogP contribution in [0.15, 0.2) is 310 Å². The largest absolute Gasteiger partial charge is 0.507 e. The number of alkyl halides is 12. The fraction of sp³-hybridized carbons (Fsp3) is 0.115. The van der Waals surface area contributed by atoms with Gasteiger partial charge in [0.1, 0.15) is 23.0 Å². The van der Waals surface area contributed by atoms with Crippen LogP contribution in [0.4, 0.5) is 52.7 Å². The van der Waals surface area contributed by atoms with Gasteiger partial charge in [0.25, 0.3) is 23.6 Å². The standard InChI is InChI=1S/4C14H10N2O2.4C12H9F3N3.4Ir/c4*17-12-9-5-4-8-11(12)14-16-15-13(18-14)10-6-2-1-3-7-10;1-7-5-16-11(17-6-7)9-3-8(2)18-10(4-9)12(13,14)15;1-7-5-16-11(17-6-7)9-3-4-10(12(13,14)15)18-8(9)2;1-7-3-4-16-11(18-7)9-5-8(2)17-10(6-9)12(13,14)15;1-7-5-6-16-11(17-7)9-3-4-10(12(13,14)15)18-8(9)2;;;;/h4*1-9,17H;3,5-6H,1-2H3;4-6H,1-2H3;3-5H,1-2H3;4-6H,1-2H3;;;;/q;;;;4*-1;;;;. The van der Waals surface area contributed by atoms with E-state index in [0.717, 1.165) is 51.2 Å². The van der Waals surface area contributed by atoms with Crippen molar-refractivity contribution in [3.05, 3.63) is 384 Å². The average Bonchev–Trinajstić information content (AvgIpc) is 1.38. The van der Waals surface area contributed by atoms with Crippen molar-refractivity contribution < 1.29 is 171 Å². The van der Waals surface area contributed by atoms with Crippen molar-refractivity contribution in [2.45, 2.75) is 80.1 Å². The molecule has 0 unspecified atom stereocenters. The Morgan fingerprint density at radius 3 is 0.791 bits per heavy atom. The third kappa shape index (κ3) is 32.6. The van der Waals surface area contributed by atoms with E-state index in [2.05, 4.69) is 125 Å². The molecule has 44 heteroatoms. The van der Waals surface area contributed by atoms with Crippen molar-refractivity contribution in [1.29, 1.82) is 0 Å². The number of benzene rings is 8. The number of aromatic hydroxyl groups is 4. The normalized spacial score (nSPS) is 10.7. The summed E-state index contributed by atoms with van der Waals surface area (Å²) in [4.78, 5) is 46.0. The van der Waals surface area contributed by atoms with E-state index in [9.17, 15) is 73.1 Å². The van der Waals surface area contributed by atoms with Gasteiger partial charge in [0.05, 0.1) is 56.7 Å². The van der Waals surface area contributed by atoms with Gasteiger partial charge in [0.15, 0.2) is 0 Å². The Kier molecular flexibility index (Phi) is 41.7. The van der Waals surface area contributed by atoms with Crippen LogP contribution in [-0.2, 0) is 105 Å². The summed E-state index contributed by atoms with van der Waals surface area (Å²) in [6, 6.07) is 82.9. The fourth-order valence-electron chi connectivity index (χ4n) is 12.4. The van der Waals surface area contributed by atoms with Crippen LogP contribution in [0, 0.1) is 79.7 Å². The molecule has 0 saturated heterocycles. The molecule has 0 saturated carbocycles. The predicted octanol–water partition coefficient (Wildman–Crippen LogP) is 24.3. The van der Waals surface area contributed by atoms with Gasteiger partial charge >= 0.3 is 24.7 Å². The molecule has 0 bridgehead atoms. The molecular weight excluding hydrogens is 2650 g/mol. The number of rotatable bonds is 12. The molecule has 4 radical (unpaired) electrons. The molecule has 0 fully saturated rings. The van der Waals surface area contributed by atoms with Gasteiger partial charge in [-0.15, -0.1) is 100 Å². The molecule has 12 aromatic heterocycles. The number of aryl methyl sites for hydroxylation is 8. The average molecular weight is 2730 g/mol. The molecule has 12 heterocycles. The van der Waals surface area contributed by atoms with Gasteiger partial charge in [-0.05, 0) is 185 Å². The zero-order valence-corrected chi connectivity index (χ0v) is 87.5. The van der Waals surface area contributed by atoms with Crippen molar-refractivity contribution in [2.75, 3.05) is 0 Å². The monoisotopic (exact) mass is 2730 g/mol. The van der Waals surface area contributed by atoms with Crippen LogP contribution in [0.2, 0.25) is 0 Å². The summed E-state index contributed by atoms with van der Waals surface area (Å²) < 4.78 is 173. The molecule has 8 aromatic carbocycles. The van der Waals surface area contributed by atoms with Crippen molar-refractivity contribution in [3.8, 4) is 160 Å². The Morgan fingerprint density at radius 2 is 0.514 bits per heavy atom. The topological polar surface area (TPSA) is 391 Å². The number of phenolic OH excluding ortho intramolecular Hbond substituents is 4. The van der Waals surface area contributed by atoms with Crippen molar-refractivity contribution in [1.82, 2.24) is 101 Å². The zero-order chi connectivity index (χ0) is 103. The van der Waals surface area contributed by atoms with Gasteiger partial charge in [-0.2, -0.15) is 52.7 Å². The third-order valence-corrected chi connectivity index (χ3v) is 19.3. The van der Waals surface area contributed by atoms with E-state index in [1.807, 2.05) is 128 Å². The maximum atomic E-state index is 12.6. The summed E-state index contributed by atoms with van der Waals surface area (Å²) in [5.41, 5.74) is 6.68. The smallest absolute Gasteiger partial charge is 0.421 e. The molecule has 4 N–H and O–H groups in total. The van der Waals surface area contributed by atoms with Crippen LogP contribution >= 0.6 is 0 Å². The van der Waals surface area contributed by atoms with Crippen LogP contribution in [-0.4, -0.2) is 121 Å². The van der Waals surface area contributed by atoms with E-state index < -0.39 is 47.5 Å². The zero-order valence-electron chi connectivity index (χ0n) is 77.9. The number of halogens is 12. The number of pyridine rings is 4. The number of hydrogen-bond donors (Lipinski definition) is 4. The first kappa shape index (κ1) is 116. The number of nitrogens with zero attached hydrogens (tertiary/aromatic N) is 20. The van der Waals surface area contributed by atoms with Gasteiger partial charge in [-0.1, -0.05) is 146 Å². The quantitative estimate of drug-likeness (QED) is 0.0652. The third-order valence-electron chi connectivity index (χ3n) is 19.3. The number of aromatic nitrogens is 20. The predicted molar refractivity (Wildman–Crippen MR) is 502 cm³/mol. The van der Waals surface area contributed by atoms with Crippen LogP contribution in [0.25, 0.3) is 137 Å². The first-order valence-corrected chi connectivity index (χ1v) is 42.6. The molecule has 148 heavy (non-hydrogen) atoms. The van der Waals surface area contributed by atoms with E-state index in [-0.39, 0.29) is 149 Å². The van der Waals surface area contributed by atoms with Crippen molar-refractivity contribution in [3.63, 3.8) is 0 Å². The first-order valence-electron chi connectivity index (χ1n) is 42.6. The van der Waals surface area contributed by atoms with Crippen LogP contribution in [0.1, 0.15) is 68.1 Å². The minimum absolute atomic E-state index is 0. The maximum absolute atomic E-state index is 12.6. The molecule has 28 nitrogen and oxygen atoms in total. The van der Waals surface area contributed by atoms with E-state index in [1.165, 1.54) is 46.0 Å². The van der Waals surface area contributed by atoms with Gasteiger partial charge in [-0.25, -0.2) is 0 Å². The van der Waals surface area contributed by atoms with E-state index in [4.69, 9.17) is 17.7 Å². The van der Waals surface area contributed by atoms with Gasteiger partial charge in [-0.3, -0.25) is 34.9 Å². The van der Waals surface area contributed by atoms with Gasteiger partial charge in [0.2, 0.25) is 23.6 Å². The van der Waals surface area contributed by atoms with Crippen LogP contribution in [0.5, 0.6) is 23.0 Å². The first-order chi connectivity index (χ1) is 68.8. The van der Waals surface area contributed by atoms with E-state index in [0.29, 0.717) is 97.8 Å². The SMILES string of the molecule is Cc1cc(-c2nccc(C)n2)[c-]c(C(F)(F)F)n1.Cc1ccnc(-c2[c-]cc(C(F)(F)F)nc2C)n1.Cc1cnc(-c2[c-]c(C(F)(F)F)nc(C)c2)nc1.Cc1cnc(-c2[c-]cc(C(F)(F)F)nc2C)nc1.Oc1ccccc1-c1nnc(-c2ccccc2)o1.Oc1ccccc1-c1nnc(-c2ccccc2)o1.Oc1ccccc1-c1nnc(-c2ccccc2)o1.Oc1ccccc1-c1nnc(-c2ccccc2)o1.[Ir].[Ir].[Ir].[Ir]. The summed E-state index contributed by atoms with van der Waals surface area (Å²) in [7, 11) is 0. The number of phenols is 4.